The Hall–Kier alpha value is -3.04. The third kappa shape index (κ3) is 3.65. The number of imidazole rings is 1. The van der Waals surface area contributed by atoms with E-state index in [1.165, 1.54) is 0 Å². The maximum absolute atomic E-state index is 5.47. The lowest BCUT2D eigenvalue weighted by molar-refractivity contribution is -0.00443. The molecule has 1 N–H and O–H groups in total. The van der Waals surface area contributed by atoms with Crippen LogP contribution >= 0.6 is 0 Å². The highest BCUT2D eigenvalue weighted by molar-refractivity contribution is 5.85. The summed E-state index contributed by atoms with van der Waals surface area (Å²) in [6.07, 6.45) is 8.04. The molecule has 33 heavy (non-hydrogen) atoms. The van der Waals surface area contributed by atoms with Crippen LogP contribution in [0.25, 0.3) is 27.8 Å². The summed E-state index contributed by atoms with van der Waals surface area (Å²) in [7, 11) is 0. The topological polar surface area (TPSA) is 85.4 Å². The van der Waals surface area contributed by atoms with Crippen molar-refractivity contribution in [3.63, 3.8) is 0 Å². The standard InChI is InChI=1S/C24H30N8O/c1-15(2)32-16(3)27-23-21(32)10-17(13-25-23)20-4-5-31-22(20)14-26-24(29-31)28-18-11-19(12-18)30-6-8-33-9-7-30/h4-5,10,13-15,18-19H,6-9,11-12H2,1-3H3,(H,28,29). The SMILES string of the molecule is Cc1nc2ncc(-c3ccn4nc(NC5CC(N6CCOCC6)C5)ncc34)cc2n1C(C)C. The average molecular weight is 447 g/mol. The number of ether oxygens (including phenoxy) is 1. The van der Waals surface area contributed by atoms with E-state index in [-0.39, 0.29) is 0 Å². The molecular weight excluding hydrogens is 416 g/mol. The Morgan fingerprint density at radius 2 is 1.91 bits per heavy atom. The minimum absolute atomic E-state index is 0.323. The number of hydrogen-bond acceptors (Lipinski definition) is 7. The van der Waals surface area contributed by atoms with Crippen LogP contribution in [0.15, 0.2) is 30.7 Å². The van der Waals surface area contributed by atoms with Crippen molar-refractivity contribution in [1.82, 2.24) is 34.0 Å². The molecule has 0 bridgehead atoms. The van der Waals surface area contributed by atoms with Gasteiger partial charge in [0.05, 0.1) is 30.4 Å². The van der Waals surface area contributed by atoms with Gasteiger partial charge in [-0.2, -0.15) is 0 Å². The number of rotatable bonds is 5. The predicted molar refractivity (Wildman–Crippen MR) is 127 cm³/mol. The van der Waals surface area contributed by atoms with Crippen LogP contribution in [0, 0.1) is 6.92 Å². The van der Waals surface area contributed by atoms with E-state index >= 15 is 0 Å². The van der Waals surface area contributed by atoms with E-state index in [9.17, 15) is 0 Å². The van der Waals surface area contributed by atoms with Gasteiger partial charge in [0.2, 0.25) is 5.95 Å². The molecule has 0 aromatic carbocycles. The summed E-state index contributed by atoms with van der Waals surface area (Å²) in [5.74, 6) is 1.66. The van der Waals surface area contributed by atoms with Gasteiger partial charge in [0.15, 0.2) is 5.65 Å². The molecule has 2 fully saturated rings. The second-order valence-corrected chi connectivity index (χ2v) is 9.45. The molecule has 2 aliphatic rings. The number of fused-ring (bicyclic) bond motifs is 2. The van der Waals surface area contributed by atoms with E-state index in [4.69, 9.17) is 9.84 Å². The van der Waals surface area contributed by atoms with Gasteiger partial charge in [0, 0.05) is 54.7 Å². The number of morpholine rings is 1. The highest BCUT2D eigenvalue weighted by atomic mass is 16.5. The summed E-state index contributed by atoms with van der Waals surface area (Å²) in [6, 6.07) is 5.65. The first-order valence-electron chi connectivity index (χ1n) is 11.8. The average Bonchev–Trinajstić information content (AvgIpc) is 3.35. The molecule has 172 valence electrons. The zero-order valence-electron chi connectivity index (χ0n) is 19.4. The molecule has 4 aromatic rings. The molecule has 1 saturated heterocycles. The van der Waals surface area contributed by atoms with Gasteiger partial charge in [-0.1, -0.05) is 0 Å². The summed E-state index contributed by atoms with van der Waals surface area (Å²) in [5, 5.41) is 8.23. The molecule has 0 atom stereocenters. The normalized spacial score (nSPS) is 21.7. The monoisotopic (exact) mass is 446 g/mol. The molecule has 1 aliphatic carbocycles. The highest BCUT2D eigenvalue weighted by Crippen LogP contribution is 2.30. The lowest BCUT2D eigenvalue weighted by Gasteiger charge is -2.44. The largest absolute Gasteiger partial charge is 0.379 e. The fourth-order valence-corrected chi connectivity index (χ4v) is 5.23. The van der Waals surface area contributed by atoms with Crippen LogP contribution < -0.4 is 5.32 Å². The third-order valence-electron chi connectivity index (χ3n) is 6.98. The molecule has 0 amide bonds. The summed E-state index contributed by atoms with van der Waals surface area (Å²) in [6.45, 7) is 10.2. The van der Waals surface area contributed by atoms with E-state index in [1.54, 1.807) is 0 Å². The van der Waals surface area contributed by atoms with Gasteiger partial charge in [0.25, 0.3) is 0 Å². The van der Waals surface area contributed by atoms with E-state index in [0.717, 1.165) is 72.8 Å². The molecule has 5 heterocycles. The molecule has 4 aromatic heterocycles. The van der Waals surface area contributed by atoms with Crippen LogP contribution in [-0.4, -0.2) is 72.4 Å². The van der Waals surface area contributed by atoms with Crippen molar-refractivity contribution < 1.29 is 4.74 Å². The van der Waals surface area contributed by atoms with Crippen LogP contribution in [0.2, 0.25) is 0 Å². The van der Waals surface area contributed by atoms with Gasteiger partial charge in [-0.15, -0.1) is 5.10 Å². The van der Waals surface area contributed by atoms with Gasteiger partial charge in [-0.05, 0) is 45.7 Å². The number of nitrogens with zero attached hydrogens (tertiary/aromatic N) is 7. The van der Waals surface area contributed by atoms with E-state index in [2.05, 4.69) is 55.7 Å². The molecule has 6 rings (SSSR count). The summed E-state index contributed by atoms with van der Waals surface area (Å²) >= 11 is 0. The maximum Gasteiger partial charge on any atom is 0.241 e. The Balaban J connectivity index is 1.21. The lowest BCUT2D eigenvalue weighted by Crippen LogP contribution is -2.53. The van der Waals surface area contributed by atoms with Crippen molar-refractivity contribution in [2.24, 2.45) is 0 Å². The number of pyridine rings is 1. The van der Waals surface area contributed by atoms with Gasteiger partial charge in [-0.3, -0.25) is 4.90 Å². The number of aromatic nitrogens is 6. The fraction of sp³-hybridized carbons (Fsp3) is 0.500. The smallest absolute Gasteiger partial charge is 0.241 e. The summed E-state index contributed by atoms with van der Waals surface area (Å²) < 4.78 is 9.59. The third-order valence-corrected chi connectivity index (χ3v) is 6.98. The first kappa shape index (κ1) is 20.6. The Morgan fingerprint density at radius 1 is 1.09 bits per heavy atom. The lowest BCUT2D eigenvalue weighted by atomic mass is 9.85. The van der Waals surface area contributed by atoms with Crippen molar-refractivity contribution in [2.45, 2.75) is 51.7 Å². The molecule has 0 unspecified atom stereocenters. The van der Waals surface area contributed by atoms with E-state index in [0.29, 0.717) is 24.1 Å². The van der Waals surface area contributed by atoms with E-state index < -0.39 is 0 Å². The van der Waals surface area contributed by atoms with Gasteiger partial charge >= 0.3 is 0 Å². The molecule has 9 nitrogen and oxygen atoms in total. The summed E-state index contributed by atoms with van der Waals surface area (Å²) in [5.41, 5.74) is 4.92. The first-order chi connectivity index (χ1) is 16.1. The highest BCUT2D eigenvalue weighted by Gasteiger charge is 2.34. The number of anilines is 1. The zero-order chi connectivity index (χ0) is 22.5. The van der Waals surface area contributed by atoms with E-state index in [1.807, 2.05) is 30.0 Å². The first-order valence-corrected chi connectivity index (χ1v) is 11.8. The van der Waals surface area contributed by atoms with Crippen molar-refractivity contribution in [3.8, 4) is 11.1 Å². The van der Waals surface area contributed by atoms with Crippen molar-refractivity contribution >= 4 is 22.6 Å². The Bertz CT molecular complexity index is 1300. The fourth-order valence-electron chi connectivity index (χ4n) is 5.23. The van der Waals surface area contributed by atoms with Gasteiger partial charge in [-0.25, -0.2) is 19.5 Å². The van der Waals surface area contributed by atoms with Gasteiger partial charge in [0.1, 0.15) is 5.82 Å². The molecular formula is C24H30N8O. The Labute approximate surface area is 192 Å². The van der Waals surface area contributed by atoms with Crippen LogP contribution in [0.4, 0.5) is 5.95 Å². The van der Waals surface area contributed by atoms with Crippen LogP contribution in [0.3, 0.4) is 0 Å². The van der Waals surface area contributed by atoms with Crippen LogP contribution in [0.1, 0.15) is 38.6 Å². The Kier molecular flexibility index (Phi) is 5.03. The zero-order valence-corrected chi connectivity index (χ0v) is 19.4. The molecule has 9 heteroatoms. The molecule has 1 aliphatic heterocycles. The van der Waals surface area contributed by atoms with Crippen LogP contribution in [-0.2, 0) is 4.74 Å². The minimum Gasteiger partial charge on any atom is -0.379 e. The van der Waals surface area contributed by atoms with Crippen LogP contribution in [0.5, 0.6) is 0 Å². The second-order valence-electron chi connectivity index (χ2n) is 9.45. The molecule has 1 saturated carbocycles. The maximum atomic E-state index is 5.47. The quantitative estimate of drug-likeness (QED) is 0.503. The molecule has 0 radical (unpaired) electrons. The minimum atomic E-state index is 0.323. The van der Waals surface area contributed by atoms with Gasteiger partial charge < -0.3 is 14.6 Å². The second kappa shape index (κ2) is 8.07. The molecule has 0 spiro atoms. The number of aryl methyl sites for hydroxylation is 1. The number of hydrogen-bond donors (Lipinski definition) is 1. The summed E-state index contributed by atoms with van der Waals surface area (Å²) in [4.78, 5) is 16.4. The van der Waals surface area contributed by atoms with Crippen molar-refractivity contribution in [3.05, 3.63) is 36.5 Å². The Morgan fingerprint density at radius 3 is 2.70 bits per heavy atom. The number of nitrogens with one attached hydrogen (secondary N) is 1. The predicted octanol–water partition coefficient (Wildman–Crippen LogP) is 3.31. The van der Waals surface area contributed by atoms with Crippen molar-refractivity contribution in [2.75, 3.05) is 31.6 Å². The van der Waals surface area contributed by atoms with Crippen molar-refractivity contribution in [1.29, 1.82) is 0 Å².